The van der Waals surface area contributed by atoms with Crippen LogP contribution in [0.2, 0.25) is 5.02 Å². The van der Waals surface area contributed by atoms with Crippen LogP contribution >= 0.6 is 11.6 Å². The van der Waals surface area contributed by atoms with Crippen LogP contribution in [0.25, 0.3) is 0 Å². The van der Waals surface area contributed by atoms with E-state index in [2.05, 4.69) is 15.3 Å². The summed E-state index contributed by atoms with van der Waals surface area (Å²) in [4.78, 5) is 23.9. The number of amides is 1. The topological polar surface area (TPSA) is 111 Å². The van der Waals surface area contributed by atoms with Crippen LogP contribution in [0.15, 0.2) is 18.2 Å². The van der Waals surface area contributed by atoms with Gasteiger partial charge in [-0.3, -0.25) is 4.79 Å². The second kappa shape index (κ2) is 8.87. The predicted molar refractivity (Wildman–Crippen MR) is 124 cm³/mol. The van der Waals surface area contributed by atoms with Gasteiger partial charge in [0.25, 0.3) is 5.91 Å². The average Bonchev–Trinajstić information content (AvgIpc) is 3.29. The molecule has 0 radical (unpaired) electrons. The highest BCUT2D eigenvalue weighted by Crippen LogP contribution is 2.33. The van der Waals surface area contributed by atoms with Gasteiger partial charge in [-0.15, -0.1) is 0 Å². The van der Waals surface area contributed by atoms with Crippen molar-refractivity contribution in [2.75, 3.05) is 13.1 Å². The fourth-order valence-corrected chi connectivity index (χ4v) is 5.31. The van der Waals surface area contributed by atoms with Gasteiger partial charge < -0.3 is 25.5 Å². The van der Waals surface area contributed by atoms with E-state index in [4.69, 9.17) is 21.7 Å². The number of carbonyl (C=O) groups is 1. The Hall–Kier alpha value is -2.62. The molecule has 3 saturated heterocycles. The number of likely N-dealkylation sites (tertiary alicyclic amines) is 1. The van der Waals surface area contributed by atoms with Gasteiger partial charge in [-0.05, 0) is 38.8 Å². The van der Waals surface area contributed by atoms with Gasteiger partial charge >= 0.3 is 0 Å². The van der Waals surface area contributed by atoms with Crippen molar-refractivity contribution in [2.24, 2.45) is 0 Å². The molecule has 10 heteroatoms. The highest BCUT2D eigenvalue weighted by atomic mass is 35.5. The van der Waals surface area contributed by atoms with E-state index in [1.54, 1.807) is 18.7 Å². The van der Waals surface area contributed by atoms with Crippen LogP contribution in [-0.4, -0.2) is 69.0 Å². The molecule has 5 rings (SSSR count). The number of hydrogen-bond donors (Lipinski definition) is 3. The van der Waals surface area contributed by atoms with Crippen molar-refractivity contribution in [1.82, 2.24) is 20.2 Å². The van der Waals surface area contributed by atoms with Crippen LogP contribution in [-0.2, 0) is 0 Å². The zero-order valence-corrected chi connectivity index (χ0v) is 19.8. The van der Waals surface area contributed by atoms with E-state index in [1.807, 2.05) is 0 Å². The van der Waals surface area contributed by atoms with E-state index in [-0.39, 0.29) is 48.5 Å². The van der Waals surface area contributed by atoms with Crippen LogP contribution in [0.3, 0.4) is 0 Å². The smallest absolute Gasteiger partial charge is 0.257 e. The number of nitrogens with one attached hydrogen (secondary N) is 2. The van der Waals surface area contributed by atoms with Gasteiger partial charge in [0.2, 0.25) is 0 Å². The summed E-state index contributed by atoms with van der Waals surface area (Å²) in [5, 5.41) is 22.4. The Labute approximate surface area is 202 Å². The van der Waals surface area contributed by atoms with Gasteiger partial charge in [0.15, 0.2) is 0 Å². The molecule has 0 spiro atoms. The molecule has 180 valence electrons. The summed E-state index contributed by atoms with van der Waals surface area (Å²) in [6.07, 6.45) is 1.30. The highest BCUT2D eigenvalue weighted by Gasteiger charge is 2.41. The second-order valence-corrected chi connectivity index (χ2v) is 9.83. The van der Waals surface area contributed by atoms with E-state index in [1.165, 1.54) is 18.2 Å². The summed E-state index contributed by atoms with van der Waals surface area (Å²) < 4.78 is 20.2. The number of fused-ring (bicyclic) bond motifs is 2. The summed E-state index contributed by atoms with van der Waals surface area (Å²) in [7, 11) is 0. The van der Waals surface area contributed by atoms with E-state index in [0.717, 1.165) is 0 Å². The number of nitrogens with zero attached hydrogens (tertiary/aromatic N) is 3. The molecule has 0 saturated carbocycles. The largest absolute Gasteiger partial charge is 0.489 e. The van der Waals surface area contributed by atoms with E-state index in [0.29, 0.717) is 47.2 Å². The summed E-state index contributed by atoms with van der Waals surface area (Å²) >= 11 is 6.19. The van der Waals surface area contributed by atoms with Gasteiger partial charge in [0.05, 0.1) is 40.5 Å². The number of aliphatic hydroxyl groups excluding tert-OH is 1. The molecule has 2 aromatic rings. The number of hydrogen-bond acceptors (Lipinski definition) is 7. The maximum atomic E-state index is 14.1. The third kappa shape index (κ3) is 4.28. The Morgan fingerprint density at radius 2 is 2.00 bits per heavy atom. The number of benzene rings is 1. The number of piperidine rings is 1. The average molecular weight is 488 g/mol. The standard InChI is InChI=1S/C24H27ClFN5O3/c1-11-22(25)12(2)29-23(28-11)17-9-31(10-18(17)27)24(33)16-4-3-13(26)5-21(16)34-15-6-14-7-20(32)19(8-15)30-14/h3-5,14-15,17,19-20,27,30,32H,6-10H2,1-2H3. The Morgan fingerprint density at radius 1 is 1.26 bits per heavy atom. The lowest BCUT2D eigenvalue weighted by Gasteiger charge is -2.30. The van der Waals surface area contributed by atoms with Gasteiger partial charge in [-0.2, -0.15) is 0 Å². The molecule has 3 N–H and O–H groups in total. The fourth-order valence-electron chi connectivity index (χ4n) is 5.23. The number of ether oxygens (including phenoxy) is 1. The Balaban J connectivity index is 1.35. The van der Waals surface area contributed by atoms with Gasteiger partial charge in [0, 0.05) is 36.8 Å². The number of aryl methyl sites for hydroxylation is 2. The van der Waals surface area contributed by atoms with Gasteiger partial charge in [0.1, 0.15) is 23.5 Å². The van der Waals surface area contributed by atoms with Crippen LogP contribution < -0.4 is 10.1 Å². The van der Waals surface area contributed by atoms with Crippen LogP contribution in [0, 0.1) is 25.1 Å². The van der Waals surface area contributed by atoms with E-state index >= 15 is 0 Å². The number of carbonyl (C=O) groups excluding carboxylic acids is 1. The summed E-state index contributed by atoms with van der Waals surface area (Å²) in [5.74, 6) is -0.586. The fraction of sp³-hybridized carbons (Fsp3) is 0.500. The molecule has 1 aromatic carbocycles. The Morgan fingerprint density at radius 3 is 2.71 bits per heavy atom. The van der Waals surface area contributed by atoms with Crippen molar-refractivity contribution in [1.29, 1.82) is 5.41 Å². The molecule has 0 aliphatic carbocycles. The van der Waals surface area contributed by atoms with Crippen LogP contribution in [0.5, 0.6) is 5.75 Å². The zero-order valence-electron chi connectivity index (χ0n) is 19.0. The maximum absolute atomic E-state index is 14.1. The first-order valence-corrected chi connectivity index (χ1v) is 11.8. The van der Waals surface area contributed by atoms with Gasteiger partial charge in [-0.1, -0.05) is 11.6 Å². The van der Waals surface area contributed by atoms with Crippen LogP contribution in [0.1, 0.15) is 52.8 Å². The lowest BCUT2D eigenvalue weighted by molar-refractivity contribution is 0.0776. The molecule has 34 heavy (non-hydrogen) atoms. The zero-order chi connectivity index (χ0) is 24.1. The third-order valence-corrected chi connectivity index (χ3v) is 7.50. The molecular formula is C24H27ClFN5O3. The number of aromatic nitrogens is 2. The summed E-state index contributed by atoms with van der Waals surface area (Å²) in [6, 6.07) is 4.01. The number of aliphatic hydroxyl groups is 1. The minimum absolute atomic E-state index is 0.0532. The maximum Gasteiger partial charge on any atom is 0.257 e. The van der Waals surface area contributed by atoms with Crippen molar-refractivity contribution < 1.29 is 19.0 Å². The summed E-state index contributed by atoms with van der Waals surface area (Å²) in [5.41, 5.74) is 1.86. The molecular weight excluding hydrogens is 461 g/mol. The normalized spacial score (nSPS) is 28.4. The molecule has 2 bridgehead atoms. The SMILES string of the molecule is Cc1nc(C2CN(C(=O)c3ccc(F)cc3OC3CC4CC(O)C(C3)N4)CC2=N)nc(C)c1Cl. The lowest BCUT2D eigenvalue weighted by atomic mass is 10.0. The third-order valence-electron chi connectivity index (χ3n) is 6.96. The first kappa shape index (κ1) is 23.1. The Kier molecular flexibility index (Phi) is 6.03. The molecule has 3 aliphatic heterocycles. The van der Waals surface area contributed by atoms with Crippen molar-refractivity contribution in [3.8, 4) is 5.75 Å². The molecule has 5 unspecified atom stereocenters. The number of halogens is 2. The molecule has 3 aliphatic rings. The quantitative estimate of drug-likeness (QED) is 0.611. The van der Waals surface area contributed by atoms with Gasteiger partial charge in [-0.25, -0.2) is 14.4 Å². The molecule has 8 nitrogen and oxygen atoms in total. The van der Waals surface area contributed by atoms with Crippen molar-refractivity contribution >= 4 is 23.2 Å². The van der Waals surface area contributed by atoms with E-state index < -0.39 is 17.8 Å². The lowest BCUT2D eigenvalue weighted by Crippen LogP contribution is -2.44. The Bertz CT molecular complexity index is 1140. The molecule has 3 fully saturated rings. The first-order chi connectivity index (χ1) is 16.2. The van der Waals surface area contributed by atoms with Crippen molar-refractivity contribution in [2.45, 2.75) is 63.3 Å². The first-order valence-electron chi connectivity index (χ1n) is 11.5. The van der Waals surface area contributed by atoms with E-state index in [9.17, 15) is 14.3 Å². The van der Waals surface area contributed by atoms with Crippen LogP contribution in [0.4, 0.5) is 4.39 Å². The monoisotopic (exact) mass is 487 g/mol. The minimum atomic E-state index is -0.490. The van der Waals surface area contributed by atoms with Crippen molar-refractivity contribution in [3.63, 3.8) is 0 Å². The van der Waals surface area contributed by atoms with Crippen molar-refractivity contribution in [3.05, 3.63) is 51.8 Å². The molecule has 4 heterocycles. The molecule has 5 atom stereocenters. The molecule has 1 amide bonds. The molecule has 1 aromatic heterocycles. The minimum Gasteiger partial charge on any atom is -0.489 e. The highest BCUT2D eigenvalue weighted by molar-refractivity contribution is 6.31. The second-order valence-electron chi connectivity index (χ2n) is 9.45. The summed E-state index contributed by atoms with van der Waals surface area (Å²) in [6.45, 7) is 3.96. The predicted octanol–water partition coefficient (Wildman–Crippen LogP) is 2.78. The number of rotatable bonds is 4.